The molecule has 10 nitrogen and oxygen atoms in total. The number of halogens is 1. The zero-order chi connectivity index (χ0) is 33.5. The Hall–Kier alpha value is -4.42. The average Bonchev–Trinajstić information content (AvgIpc) is 3.78. The van der Waals surface area contributed by atoms with E-state index >= 15 is 0 Å². The van der Waals surface area contributed by atoms with E-state index in [1.165, 1.54) is 0 Å². The lowest BCUT2D eigenvalue weighted by Gasteiger charge is -2.18. The number of carboxylic acid groups (broad SMARTS) is 1. The number of carbonyl (C=O) groups excluding carboxylic acids is 1. The molecule has 0 saturated carbocycles. The van der Waals surface area contributed by atoms with Gasteiger partial charge >= 0.3 is 5.97 Å². The van der Waals surface area contributed by atoms with Crippen LogP contribution in [0, 0.1) is 12.8 Å². The van der Waals surface area contributed by atoms with Gasteiger partial charge < -0.3 is 20.2 Å². The number of thiazole rings is 1. The van der Waals surface area contributed by atoms with Crippen LogP contribution in [0.2, 0.25) is 5.02 Å². The van der Waals surface area contributed by atoms with E-state index < -0.39 is 5.97 Å². The van der Waals surface area contributed by atoms with Gasteiger partial charge in [0.05, 0.1) is 42.0 Å². The van der Waals surface area contributed by atoms with E-state index in [0.717, 1.165) is 66.5 Å². The molecule has 0 bridgehead atoms. The Morgan fingerprint density at radius 3 is 2.65 bits per heavy atom. The highest BCUT2D eigenvalue weighted by molar-refractivity contribution is 7.15. The minimum Gasteiger partial charge on any atom is -0.481 e. The Morgan fingerprint density at radius 2 is 1.88 bits per heavy atom. The van der Waals surface area contributed by atoms with Gasteiger partial charge in [-0.05, 0) is 68.9 Å². The molecular formula is C36H36ClN7O3S. The first kappa shape index (κ1) is 32.1. The van der Waals surface area contributed by atoms with Crippen molar-refractivity contribution < 1.29 is 14.7 Å². The molecule has 12 heteroatoms. The van der Waals surface area contributed by atoms with Crippen molar-refractivity contribution in [2.75, 3.05) is 39.0 Å². The van der Waals surface area contributed by atoms with Gasteiger partial charge in [-0.2, -0.15) is 0 Å². The molecule has 48 heavy (non-hydrogen) atoms. The summed E-state index contributed by atoms with van der Waals surface area (Å²) >= 11 is 8.75. The summed E-state index contributed by atoms with van der Waals surface area (Å²) in [4.78, 5) is 45.3. The van der Waals surface area contributed by atoms with Gasteiger partial charge in [0.15, 0.2) is 5.82 Å². The summed E-state index contributed by atoms with van der Waals surface area (Å²) in [5.74, 6) is -0.324. The molecule has 0 aliphatic carbocycles. The molecule has 0 spiro atoms. The number of aromatic nitrogens is 3. The van der Waals surface area contributed by atoms with Crippen LogP contribution in [0.1, 0.15) is 28.1 Å². The van der Waals surface area contributed by atoms with Crippen LogP contribution in [-0.2, 0) is 29.2 Å². The number of nitrogens with one attached hydrogen (secondary N) is 1. The number of carbonyl (C=O) groups is 2. The van der Waals surface area contributed by atoms with Crippen LogP contribution in [0.5, 0.6) is 0 Å². The molecule has 246 valence electrons. The second-order valence-corrected chi connectivity index (χ2v) is 14.2. The van der Waals surface area contributed by atoms with Crippen LogP contribution >= 0.6 is 22.9 Å². The number of nitrogens with zero attached hydrogens (tertiary/aromatic N) is 6. The number of hydrogen-bond acceptors (Lipinski definition) is 9. The third-order valence-corrected chi connectivity index (χ3v) is 10.6. The Kier molecular flexibility index (Phi) is 8.86. The van der Waals surface area contributed by atoms with E-state index in [1.54, 1.807) is 17.5 Å². The number of carboxylic acids is 1. The maximum Gasteiger partial charge on any atom is 0.307 e. The molecule has 3 aromatic heterocycles. The Morgan fingerprint density at radius 1 is 1.08 bits per heavy atom. The molecule has 5 aromatic rings. The molecule has 5 heterocycles. The first-order valence-electron chi connectivity index (χ1n) is 15.9. The van der Waals surface area contributed by atoms with Gasteiger partial charge in [0, 0.05) is 46.9 Å². The average molecular weight is 682 g/mol. The molecule has 0 radical (unpaired) electrons. The second-order valence-electron chi connectivity index (χ2n) is 12.8. The van der Waals surface area contributed by atoms with E-state index in [4.69, 9.17) is 21.6 Å². The van der Waals surface area contributed by atoms with Crippen molar-refractivity contribution in [2.45, 2.75) is 33.0 Å². The zero-order valence-electron chi connectivity index (χ0n) is 27.0. The monoisotopic (exact) mass is 681 g/mol. The van der Waals surface area contributed by atoms with E-state index in [0.29, 0.717) is 50.0 Å². The van der Waals surface area contributed by atoms with Crippen molar-refractivity contribution in [1.29, 1.82) is 0 Å². The van der Waals surface area contributed by atoms with Gasteiger partial charge in [0.25, 0.3) is 0 Å². The van der Waals surface area contributed by atoms with Gasteiger partial charge in [-0.15, -0.1) is 11.3 Å². The number of pyridine rings is 2. The summed E-state index contributed by atoms with van der Waals surface area (Å²) in [5, 5.41) is 15.2. The number of benzene rings is 2. The number of amides is 1. The third-order valence-electron chi connectivity index (χ3n) is 9.05. The fourth-order valence-electron chi connectivity index (χ4n) is 6.55. The number of rotatable bonds is 9. The molecule has 1 amide bonds. The van der Waals surface area contributed by atoms with Crippen LogP contribution in [0.3, 0.4) is 0 Å². The number of likely N-dealkylation sites (N-methyl/N-ethyl adjacent to an activating group) is 1. The summed E-state index contributed by atoms with van der Waals surface area (Å²) in [5.41, 5.74) is 7.49. The highest BCUT2D eigenvalue weighted by Gasteiger charge is 2.29. The number of aliphatic carboxylic acids is 1. The lowest BCUT2D eigenvalue weighted by molar-refractivity contribution is -0.141. The van der Waals surface area contributed by atoms with Crippen molar-refractivity contribution >= 4 is 57.2 Å². The van der Waals surface area contributed by atoms with Crippen molar-refractivity contribution in [2.24, 2.45) is 5.92 Å². The maximum atomic E-state index is 12.6. The predicted molar refractivity (Wildman–Crippen MR) is 189 cm³/mol. The largest absolute Gasteiger partial charge is 0.481 e. The molecule has 2 aliphatic heterocycles. The number of anilines is 2. The molecule has 2 aliphatic rings. The molecule has 1 atom stereocenters. The van der Waals surface area contributed by atoms with Crippen LogP contribution in [-0.4, -0.2) is 80.4 Å². The Balaban J connectivity index is 1.11. The topological polar surface area (TPSA) is 115 Å². The number of fused-ring (bicyclic) bond motifs is 2. The van der Waals surface area contributed by atoms with Crippen LogP contribution in [0.25, 0.3) is 32.6 Å². The van der Waals surface area contributed by atoms with Crippen LogP contribution < -0.4 is 5.32 Å². The summed E-state index contributed by atoms with van der Waals surface area (Å²) < 4.78 is 0. The predicted octanol–water partition coefficient (Wildman–Crippen LogP) is 6.44. The molecule has 1 fully saturated rings. The van der Waals surface area contributed by atoms with Crippen molar-refractivity contribution in [1.82, 2.24) is 29.7 Å². The van der Waals surface area contributed by atoms with E-state index in [-0.39, 0.29) is 11.8 Å². The summed E-state index contributed by atoms with van der Waals surface area (Å²) in [6.07, 6.45) is 4.26. The molecule has 7 rings (SSSR count). The summed E-state index contributed by atoms with van der Waals surface area (Å²) in [7, 11) is 3.80. The minimum atomic E-state index is -0.730. The zero-order valence-corrected chi connectivity index (χ0v) is 28.6. The lowest BCUT2D eigenvalue weighted by Crippen LogP contribution is -2.34. The summed E-state index contributed by atoms with van der Waals surface area (Å²) in [6, 6.07) is 16.1. The molecule has 2 N–H and O–H groups in total. The quantitative estimate of drug-likeness (QED) is 0.182. The highest BCUT2D eigenvalue weighted by atomic mass is 35.5. The van der Waals surface area contributed by atoms with E-state index in [1.807, 2.05) is 60.4 Å². The van der Waals surface area contributed by atoms with Crippen molar-refractivity contribution in [3.05, 3.63) is 87.6 Å². The number of hydrogen-bond donors (Lipinski definition) is 2. The lowest BCUT2D eigenvalue weighted by atomic mass is 9.96. The van der Waals surface area contributed by atoms with Gasteiger partial charge in [-0.25, -0.2) is 9.97 Å². The van der Waals surface area contributed by atoms with E-state index in [2.05, 4.69) is 40.3 Å². The number of likely N-dealkylation sites (tertiary alicyclic amines) is 1. The van der Waals surface area contributed by atoms with Crippen LogP contribution in [0.15, 0.2) is 60.9 Å². The van der Waals surface area contributed by atoms with Gasteiger partial charge in [-0.1, -0.05) is 41.9 Å². The standard InChI is InChI=1S/C36H36ClN7O3S/c1-21-25(6-4-7-26(21)35-41-29-18-44(19-30(29)48-35)31(45)20-42(2)3)27-8-5-9-28(32(27)37)40-34-33-23(10-12-38-34)14-22(15-39-33)16-43-13-11-24(17-43)36(46)47/h4-10,12,14-15,24H,11,13,16-20H2,1-3H3,(H,38,40)(H,46,47)/t24-/m1/s1. The first-order chi connectivity index (χ1) is 23.1. The maximum absolute atomic E-state index is 12.6. The third kappa shape index (κ3) is 6.38. The second kappa shape index (κ2) is 13.2. The Labute approximate surface area is 288 Å². The van der Waals surface area contributed by atoms with Gasteiger partial charge in [-0.3, -0.25) is 19.5 Å². The molecular weight excluding hydrogens is 646 g/mol. The SMILES string of the molecule is Cc1c(-c2nc3c(s2)CN(C(=O)CN(C)C)C3)cccc1-c1cccc(Nc2nccc3cc(CN4CC[C@@H](C(=O)O)C4)cnc23)c1Cl. The van der Waals surface area contributed by atoms with E-state index in [9.17, 15) is 14.7 Å². The molecule has 0 unspecified atom stereocenters. The molecule has 2 aromatic carbocycles. The van der Waals surface area contributed by atoms with Gasteiger partial charge in [0.1, 0.15) is 10.5 Å². The fraction of sp³-hybridized carbons (Fsp3) is 0.306. The normalized spacial score (nSPS) is 16.2. The highest BCUT2D eigenvalue weighted by Crippen LogP contribution is 2.41. The minimum absolute atomic E-state index is 0.113. The van der Waals surface area contributed by atoms with Crippen LogP contribution in [0.4, 0.5) is 11.5 Å². The fourth-order valence-corrected chi connectivity index (χ4v) is 7.99. The smallest absolute Gasteiger partial charge is 0.307 e. The summed E-state index contributed by atoms with van der Waals surface area (Å²) in [6.45, 7) is 5.60. The van der Waals surface area contributed by atoms with Crippen molar-refractivity contribution in [3.8, 4) is 21.7 Å². The Bertz CT molecular complexity index is 2020. The first-order valence-corrected chi connectivity index (χ1v) is 17.1. The van der Waals surface area contributed by atoms with Crippen molar-refractivity contribution in [3.63, 3.8) is 0 Å². The van der Waals surface area contributed by atoms with Gasteiger partial charge in [0.2, 0.25) is 5.91 Å². The molecule has 1 saturated heterocycles.